The molecule has 0 aliphatic rings. The van der Waals surface area contributed by atoms with Crippen LogP contribution in [0.1, 0.15) is 27.7 Å². The maximum absolute atomic E-state index is 3.85. The average Bonchev–Trinajstić information content (AvgIpc) is 1.63. The summed E-state index contributed by atoms with van der Waals surface area (Å²) in [6, 6.07) is 0. The van der Waals surface area contributed by atoms with Gasteiger partial charge in [-0.2, -0.15) is 10.2 Å². The highest BCUT2D eigenvalue weighted by atomic mass is 15.2. The molecule has 0 aliphatic carbocycles. The number of rotatable bonds is 2. The molecular weight excluding hydrogens is 112 g/mol. The molecule has 0 spiro atoms. The molecule has 0 saturated heterocycles. The van der Waals surface area contributed by atoms with Gasteiger partial charge in [-0.05, 0) is 19.8 Å². The fourth-order valence-electron chi connectivity index (χ4n) is 0.282. The Bertz CT molecular complexity index is 119. The standard InChI is InChI=1S/C7H14N2/c1-6(2)5-8-9-7(3)4/h5-6H,1-4H3/b8-5+. The topological polar surface area (TPSA) is 24.7 Å². The molecule has 0 bridgehead atoms. The van der Waals surface area contributed by atoms with Crippen molar-refractivity contribution in [3.8, 4) is 0 Å². The third kappa shape index (κ3) is 7.34. The zero-order valence-electron chi connectivity index (χ0n) is 6.55. The summed E-state index contributed by atoms with van der Waals surface area (Å²) in [7, 11) is 0. The van der Waals surface area contributed by atoms with Crippen LogP contribution in [0.2, 0.25) is 0 Å². The highest BCUT2D eigenvalue weighted by molar-refractivity contribution is 5.79. The first-order valence-electron chi connectivity index (χ1n) is 3.17. The Labute approximate surface area is 56.7 Å². The van der Waals surface area contributed by atoms with E-state index in [4.69, 9.17) is 0 Å². The van der Waals surface area contributed by atoms with Gasteiger partial charge in [-0.15, -0.1) is 0 Å². The first-order valence-corrected chi connectivity index (χ1v) is 3.17. The Morgan fingerprint density at radius 2 is 1.89 bits per heavy atom. The summed E-state index contributed by atoms with van der Waals surface area (Å²) >= 11 is 0. The molecule has 0 aromatic rings. The van der Waals surface area contributed by atoms with Crippen molar-refractivity contribution >= 4 is 11.9 Å². The van der Waals surface area contributed by atoms with Gasteiger partial charge in [0.05, 0.1) is 0 Å². The summed E-state index contributed by atoms with van der Waals surface area (Å²) in [5.41, 5.74) is 0.992. The van der Waals surface area contributed by atoms with E-state index in [0.717, 1.165) is 5.71 Å². The largest absolute Gasteiger partial charge is 0.163 e. The van der Waals surface area contributed by atoms with Crippen LogP contribution in [0.15, 0.2) is 10.2 Å². The minimum Gasteiger partial charge on any atom is -0.163 e. The van der Waals surface area contributed by atoms with Crippen molar-refractivity contribution in [3.05, 3.63) is 0 Å². The maximum Gasteiger partial charge on any atom is 0.0344 e. The molecule has 0 unspecified atom stereocenters. The van der Waals surface area contributed by atoms with Gasteiger partial charge in [0.15, 0.2) is 0 Å². The second kappa shape index (κ2) is 4.24. The number of nitrogens with zero attached hydrogens (tertiary/aromatic N) is 2. The molecule has 0 aromatic heterocycles. The molecule has 0 rings (SSSR count). The minimum atomic E-state index is 0.494. The SMILES string of the molecule is CC(C)=N/N=C/C(C)C. The second-order valence-corrected chi connectivity index (χ2v) is 2.56. The van der Waals surface area contributed by atoms with Gasteiger partial charge in [0, 0.05) is 11.9 Å². The van der Waals surface area contributed by atoms with Gasteiger partial charge in [0.2, 0.25) is 0 Å². The molecule has 0 amide bonds. The molecule has 2 heteroatoms. The highest BCUT2D eigenvalue weighted by Crippen LogP contribution is 1.85. The third-order valence-corrected chi connectivity index (χ3v) is 0.623. The van der Waals surface area contributed by atoms with Crippen molar-refractivity contribution in [3.63, 3.8) is 0 Å². The highest BCUT2D eigenvalue weighted by Gasteiger charge is 1.81. The molecule has 0 aliphatic heterocycles. The molecular formula is C7H14N2. The Balaban J connectivity index is 3.60. The summed E-state index contributed by atoms with van der Waals surface area (Å²) in [5, 5.41) is 7.68. The van der Waals surface area contributed by atoms with E-state index in [1.807, 2.05) is 20.1 Å². The fraction of sp³-hybridized carbons (Fsp3) is 0.714. The van der Waals surface area contributed by atoms with Crippen LogP contribution in [0.4, 0.5) is 0 Å². The zero-order chi connectivity index (χ0) is 7.28. The Hall–Kier alpha value is -0.660. The van der Waals surface area contributed by atoms with Crippen molar-refractivity contribution in [2.75, 3.05) is 0 Å². The van der Waals surface area contributed by atoms with Crippen LogP contribution >= 0.6 is 0 Å². The van der Waals surface area contributed by atoms with Gasteiger partial charge in [-0.1, -0.05) is 13.8 Å². The van der Waals surface area contributed by atoms with E-state index < -0.39 is 0 Å². The summed E-state index contributed by atoms with van der Waals surface area (Å²) in [6.45, 7) is 8.00. The van der Waals surface area contributed by atoms with E-state index in [0.29, 0.717) is 5.92 Å². The van der Waals surface area contributed by atoms with E-state index in [2.05, 4.69) is 24.1 Å². The lowest BCUT2D eigenvalue weighted by atomic mass is 10.3. The molecule has 0 aromatic carbocycles. The van der Waals surface area contributed by atoms with Crippen LogP contribution in [0.25, 0.3) is 0 Å². The van der Waals surface area contributed by atoms with Crippen molar-refractivity contribution in [1.82, 2.24) is 0 Å². The molecule has 0 radical (unpaired) electrons. The lowest BCUT2D eigenvalue weighted by Gasteiger charge is -1.88. The van der Waals surface area contributed by atoms with Crippen molar-refractivity contribution in [2.45, 2.75) is 27.7 Å². The summed E-state index contributed by atoms with van der Waals surface area (Å²) in [6.07, 6.45) is 1.83. The lowest BCUT2D eigenvalue weighted by molar-refractivity contribution is 0.900. The van der Waals surface area contributed by atoms with Gasteiger partial charge in [-0.25, -0.2) is 0 Å². The molecule has 0 atom stereocenters. The van der Waals surface area contributed by atoms with Gasteiger partial charge in [0.1, 0.15) is 0 Å². The minimum absolute atomic E-state index is 0.494. The van der Waals surface area contributed by atoms with Crippen LogP contribution in [-0.2, 0) is 0 Å². The Kier molecular flexibility index (Phi) is 3.93. The second-order valence-electron chi connectivity index (χ2n) is 2.56. The molecule has 52 valence electrons. The van der Waals surface area contributed by atoms with E-state index in [-0.39, 0.29) is 0 Å². The van der Waals surface area contributed by atoms with Gasteiger partial charge < -0.3 is 0 Å². The van der Waals surface area contributed by atoms with Crippen molar-refractivity contribution in [2.24, 2.45) is 16.1 Å². The average molecular weight is 126 g/mol. The Morgan fingerprint density at radius 1 is 1.33 bits per heavy atom. The van der Waals surface area contributed by atoms with Crippen LogP contribution in [0.5, 0.6) is 0 Å². The molecule has 0 N–H and O–H groups in total. The van der Waals surface area contributed by atoms with Gasteiger partial charge >= 0.3 is 0 Å². The zero-order valence-corrected chi connectivity index (χ0v) is 6.55. The molecule has 0 fully saturated rings. The van der Waals surface area contributed by atoms with Crippen molar-refractivity contribution in [1.29, 1.82) is 0 Å². The monoisotopic (exact) mass is 126 g/mol. The van der Waals surface area contributed by atoms with E-state index in [1.165, 1.54) is 0 Å². The van der Waals surface area contributed by atoms with Crippen LogP contribution in [-0.4, -0.2) is 11.9 Å². The quantitative estimate of drug-likeness (QED) is 0.400. The van der Waals surface area contributed by atoms with Gasteiger partial charge in [-0.3, -0.25) is 0 Å². The number of hydrogen-bond donors (Lipinski definition) is 0. The van der Waals surface area contributed by atoms with Gasteiger partial charge in [0.25, 0.3) is 0 Å². The Morgan fingerprint density at radius 3 is 2.22 bits per heavy atom. The smallest absolute Gasteiger partial charge is 0.0344 e. The van der Waals surface area contributed by atoms with Crippen molar-refractivity contribution < 1.29 is 0 Å². The third-order valence-electron chi connectivity index (χ3n) is 0.623. The first-order chi connectivity index (χ1) is 4.13. The maximum atomic E-state index is 3.85. The fourth-order valence-corrected chi connectivity index (χ4v) is 0.282. The molecule has 0 heterocycles. The summed E-state index contributed by atoms with van der Waals surface area (Å²) in [4.78, 5) is 0. The normalized spacial score (nSPS) is 10.8. The predicted octanol–water partition coefficient (Wildman–Crippen LogP) is 2.11. The van der Waals surface area contributed by atoms with E-state index in [1.54, 1.807) is 0 Å². The van der Waals surface area contributed by atoms with E-state index in [9.17, 15) is 0 Å². The van der Waals surface area contributed by atoms with E-state index >= 15 is 0 Å². The predicted molar refractivity (Wildman–Crippen MR) is 42.1 cm³/mol. The van der Waals surface area contributed by atoms with Crippen LogP contribution in [0.3, 0.4) is 0 Å². The molecule has 2 nitrogen and oxygen atoms in total. The van der Waals surface area contributed by atoms with Crippen LogP contribution in [0, 0.1) is 5.92 Å². The summed E-state index contributed by atoms with van der Waals surface area (Å²) in [5.74, 6) is 0.494. The molecule has 0 saturated carbocycles. The lowest BCUT2D eigenvalue weighted by Crippen LogP contribution is -1.86. The number of hydrogen-bond acceptors (Lipinski definition) is 2. The first kappa shape index (κ1) is 8.34. The van der Waals surface area contributed by atoms with Crippen LogP contribution < -0.4 is 0 Å². The summed E-state index contributed by atoms with van der Waals surface area (Å²) < 4.78 is 0. The molecule has 9 heavy (non-hydrogen) atoms.